The molecule has 2 aromatic heterocycles. The van der Waals surface area contributed by atoms with Gasteiger partial charge in [0.15, 0.2) is 4.73 Å². The van der Waals surface area contributed by atoms with E-state index in [9.17, 15) is 0 Å². The van der Waals surface area contributed by atoms with Crippen molar-refractivity contribution >= 4 is 21.9 Å². The second-order valence-electron chi connectivity index (χ2n) is 2.89. The van der Waals surface area contributed by atoms with Gasteiger partial charge in [-0.2, -0.15) is 4.98 Å². The molecule has 0 atom stereocenters. The highest BCUT2D eigenvalue weighted by Crippen LogP contribution is 2.10. The number of halogens is 1. The summed E-state index contributed by atoms with van der Waals surface area (Å²) in [6.45, 7) is 0.598. The monoisotopic (exact) mass is 256 g/mol. The van der Waals surface area contributed by atoms with Crippen LogP contribution in [0.15, 0.2) is 17.3 Å². The summed E-state index contributed by atoms with van der Waals surface area (Å²) < 4.78 is 4.22. The van der Waals surface area contributed by atoms with Gasteiger partial charge < -0.3 is 10.3 Å². The van der Waals surface area contributed by atoms with Crippen molar-refractivity contribution in [1.82, 2.24) is 24.3 Å². The SMILES string of the molecule is Cn1cncc1Cn1nc(N)nc1Br. The summed E-state index contributed by atoms with van der Waals surface area (Å²) in [4.78, 5) is 7.95. The van der Waals surface area contributed by atoms with Crippen molar-refractivity contribution in [2.45, 2.75) is 6.54 Å². The molecule has 0 unspecified atom stereocenters. The molecule has 0 aliphatic carbocycles. The average molecular weight is 257 g/mol. The predicted molar refractivity (Wildman–Crippen MR) is 54.4 cm³/mol. The van der Waals surface area contributed by atoms with E-state index in [2.05, 4.69) is 31.0 Å². The number of hydrogen-bond acceptors (Lipinski definition) is 4. The largest absolute Gasteiger partial charge is 0.366 e. The topological polar surface area (TPSA) is 74.5 Å². The fourth-order valence-corrected chi connectivity index (χ4v) is 1.52. The van der Waals surface area contributed by atoms with Crippen LogP contribution in [-0.4, -0.2) is 24.3 Å². The second kappa shape index (κ2) is 3.41. The van der Waals surface area contributed by atoms with Crippen LogP contribution in [0.4, 0.5) is 5.95 Å². The number of aryl methyl sites for hydroxylation is 1. The average Bonchev–Trinajstić information content (AvgIpc) is 2.62. The lowest BCUT2D eigenvalue weighted by atomic mass is 10.5. The van der Waals surface area contributed by atoms with E-state index in [1.165, 1.54) is 0 Å². The number of rotatable bonds is 2. The minimum absolute atomic E-state index is 0.263. The molecule has 7 heteroatoms. The van der Waals surface area contributed by atoms with Gasteiger partial charge >= 0.3 is 0 Å². The molecule has 0 saturated heterocycles. The standard InChI is InChI=1S/C7H9BrN6/c1-13-4-10-2-5(13)3-14-6(8)11-7(9)12-14/h2,4H,3H2,1H3,(H2,9,12). The maximum atomic E-state index is 5.45. The first-order chi connectivity index (χ1) is 6.66. The molecule has 0 radical (unpaired) electrons. The molecular formula is C7H9BrN6. The smallest absolute Gasteiger partial charge is 0.240 e. The van der Waals surface area contributed by atoms with E-state index in [1.54, 1.807) is 17.2 Å². The van der Waals surface area contributed by atoms with Crippen LogP contribution in [0.5, 0.6) is 0 Å². The van der Waals surface area contributed by atoms with Gasteiger partial charge in [-0.3, -0.25) is 0 Å². The number of nitrogens with zero attached hydrogens (tertiary/aromatic N) is 5. The van der Waals surface area contributed by atoms with Crippen LogP contribution in [0.25, 0.3) is 0 Å². The first kappa shape index (κ1) is 9.20. The molecular weight excluding hydrogens is 248 g/mol. The van der Waals surface area contributed by atoms with Crippen LogP contribution in [0.3, 0.4) is 0 Å². The van der Waals surface area contributed by atoms with Crippen LogP contribution in [0.1, 0.15) is 5.69 Å². The van der Waals surface area contributed by atoms with Crippen molar-refractivity contribution in [1.29, 1.82) is 0 Å². The fourth-order valence-electron chi connectivity index (χ4n) is 1.13. The summed E-state index contributed by atoms with van der Waals surface area (Å²) in [5.41, 5.74) is 6.49. The highest BCUT2D eigenvalue weighted by Gasteiger charge is 2.06. The summed E-state index contributed by atoms with van der Waals surface area (Å²) >= 11 is 3.27. The van der Waals surface area contributed by atoms with Crippen molar-refractivity contribution in [2.75, 3.05) is 5.73 Å². The van der Waals surface area contributed by atoms with Crippen LogP contribution in [-0.2, 0) is 13.6 Å². The number of imidazole rings is 1. The maximum absolute atomic E-state index is 5.45. The van der Waals surface area contributed by atoms with Gasteiger partial charge in [0, 0.05) is 7.05 Å². The minimum atomic E-state index is 0.263. The van der Waals surface area contributed by atoms with Crippen molar-refractivity contribution in [3.63, 3.8) is 0 Å². The molecule has 2 heterocycles. The lowest BCUT2D eigenvalue weighted by Gasteiger charge is -2.02. The summed E-state index contributed by atoms with van der Waals surface area (Å²) in [6, 6.07) is 0. The van der Waals surface area contributed by atoms with Gasteiger partial charge in [-0.25, -0.2) is 9.67 Å². The molecule has 6 nitrogen and oxygen atoms in total. The van der Waals surface area contributed by atoms with Gasteiger partial charge in [-0.15, -0.1) is 5.10 Å². The van der Waals surface area contributed by atoms with Crippen molar-refractivity contribution in [2.24, 2.45) is 7.05 Å². The van der Waals surface area contributed by atoms with Crippen molar-refractivity contribution in [3.05, 3.63) is 23.0 Å². The van der Waals surface area contributed by atoms with Gasteiger partial charge in [-0.1, -0.05) is 0 Å². The number of nitrogen functional groups attached to an aromatic ring is 1. The lowest BCUT2D eigenvalue weighted by Crippen LogP contribution is -2.06. The number of nitrogens with two attached hydrogens (primary N) is 1. The molecule has 0 amide bonds. The molecule has 0 aromatic carbocycles. The van der Waals surface area contributed by atoms with E-state index in [4.69, 9.17) is 5.73 Å². The predicted octanol–water partition coefficient (Wildman–Crippen LogP) is 0.405. The number of aromatic nitrogens is 5. The zero-order valence-electron chi connectivity index (χ0n) is 7.55. The summed E-state index contributed by atoms with van der Waals surface area (Å²) in [6.07, 6.45) is 3.52. The van der Waals surface area contributed by atoms with Gasteiger partial charge in [0.25, 0.3) is 0 Å². The van der Waals surface area contributed by atoms with Gasteiger partial charge in [0.1, 0.15) is 0 Å². The molecule has 14 heavy (non-hydrogen) atoms. The first-order valence-electron chi connectivity index (χ1n) is 3.98. The second-order valence-corrected chi connectivity index (χ2v) is 3.60. The first-order valence-corrected chi connectivity index (χ1v) is 4.77. The Morgan fingerprint density at radius 1 is 1.57 bits per heavy atom. The molecule has 74 valence electrons. The summed E-state index contributed by atoms with van der Waals surface area (Å²) in [5, 5.41) is 4.02. The van der Waals surface area contributed by atoms with Crippen LogP contribution in [0.2, 0.25) is 0 Å². The molecule has 2 aromatic rings. The molecule has 0 aliphatic rings. The molecule has 0 bridgehead atoms. The third kappa shape index (κ3) is 1.63. The number of anilines is 1. The van der Waals surface area contributed by atoms with E-state index < -0.39 is 0 Å². The Kier molecular flexibility index (Phi) is 2.24. The molecule has 0 saturated carbocycles. The molecule has 2 N–H and O–H groups in total. The lowest BCUT2D eigenvalue weighted by molar-refractivity contribution is 0.635. The third-order valence-electron chi connectivity index (χ3n) is 1.87. The zero-order valence-corrected chi connectivity index (χ0v) is 9.14. The van der Waals surface area contributed by atoms with Gasteiger partial charge in [0.2, 0.25) is 5.95 Å². The minimum Gasteiger partial charge on any atom is -0.366 e. The van der Waals surface area contributed by atoms with Gasteiger partial charge in [-0.05, 0) is 15.9 Å². The van der Waals surface area contributed by atoms with E-state index in [1.807, 2.05) is 11.6 Å². The van der Waals surface area contributed by atoms with E-state index in [-0.39, 0.29) is 5.95 Å². The van der Waals surface area contributed by atoms with E-state index in [0.29, 0.717) is 11.3 Å². The van der Waals surface area contributed by atoms with Crippen molar-refractivity contribution in [3.8, 4) is 0 Å². The Morgan fingerprint density at radius 2 is 2.36 bits per heavy atom. The summed E-state index contributed by atoms with van der Waals surface area (Å²) in [5.74, 6) is 0.263. The zero-order chi connectivity index (χ0) is 10.1. The molecule has 0 spiro atoms. The highest BCUT2D eigenvalue weighted by molar-refractivity contribution is 9.10. The Morgan fingerprint density at radius 3 is 2.86 bits per heavy atom. The number of hydrogen-bond donors (Lipinski definition) is 1. The molecule has 2 rings (SSSR count). The Balaban J connectivity index is 2.27. The third-order valence-corrected chi connectivity index (χ3v) is 2.46. The van der Waals surface area contributed by atoms with Crippen LogP contribution >= 0.6 is 15.9 Å². The fraction of sp³-hybridized carbons (Fsp3) is 0.286. The summed E-state index contributed by atoms with van der Waals surface area (Å²) in [7, 11) is 1.93. The molecule has 0 aliphatic heterocycles. The maximum Gasteiger partial charge on any atom is 0.240 e. The normalized spacial score (nSPS) is 10.7. The quantitative estimate of drug-likeness (QED) is 0.845. The highest BCUT2D eigenvalue weighted by atomic mass is 79.9. The van der Waals surface area contributed by atoms with Crippen LogP contribution in [0, 0.1) is 0 Å². The van der Waals surface area contributed by atoms with Gasteiger partial charge in [0.05, 0.1) is 24.8 Å². The molecule has 0 fully saturated rings. The Bertz CT molecular complexity index is 445. The Hall–Kier alpha value is -1.37. The van der Waals surface area contributed by atoms with Crippen LogP contribution < -0.4 is 5.73 Å². The Labute approximate surface area is 88.9 Å². The van der Waals surface area contributed by atoms with E-state index in [0.717, 1.165) is 5.69 Å². The van der Waals surface area contributed by atoms with E-state index >= 15 is 0 Å². The van der Waals surface area contributed by atoms with Crippen molar-refractivity contribution < 1.29 is 0 Å².